The van der Waals surface area contributed by atoms with Gasteiger partial charge in [-0.05, 0) is 36.0 Å². The van der Waals surface area contributed by atoms with E-state index >= 15 is 0 Å². The van der Waals surface area contributed by atoms with E-state index in [0.717, 1.165) is 12.8 Å². The van der Waals surface area contributed by atoms with E-state index in [2.05, 4.69) is 34.3 Å². The molecule has 2 N–H and O–H groups in total. The normalized spacial score (nSPS) is 25.8. The van der Waals surface area contributed by atoms with Crippen molar-refractivity contribution in [2.75, 3.05) is 0 Å². The van der Waals surface area contributed by atoms with Gasteiger partial charge in [-0.3, -0.25) is 0 Å². The van der Waals surface area contributed by atoms with Gasteiger partial charge in [-0.2, -0.15) is 0 Å². The first-order chi connectivity index (χ1) is 6.35. The van der Waals surface area contributed by atoms with Crippen LogP contribution in [0.5, 0.6) is 0 Å². The van der Waals surface area contributed by atoms with Crippen LogP contribution in [-0.4, -0.2) is 6.04 Å². The molecule has 0 aromatic carbocycles. The van der Waals surface area contributed by atoms with Crippen molar-refractivity contribution in [3.8, 4) is 0 Å². The fraction of sp³-hybridized carbons (Fsp3) is 0.846. The van der Waals surface area contributed by atoms with Crippen LogP contribution in [0.2, 0.25) is 0 Å². The molecule has 0 bridgehead atoms. The standard InChI is InChI=1S/C13H25N/c1-6-7-8-9-10(14)11-12(2,3)13(11,4)5/h6,10-11H,1,7-9,14H2,2-5H3. The summed E-state index contributed by atoms with van der Waals surface area (Å²) in [6.07, 6.45) is 5.41. The van der Waals surface area contributed by atoms with E-state index in [9.17, 15) is 0 Å². The van der Waals surface area contributed by atoms with Gasteiger partial charge in [0.25, 0.3) is 0 Å². The summed E-state index contributed by atoms with van der Waals surface area (Å²) < 4.78 is 0. The summed E-state index contributed by atoms with van der Waals surface area (Å²) in [5, 5.41) is 0. The largest absolute Gasteiger partial charge is 0.327 e. The van der Waals surface area contributed by atoms with Crippen LogP contribution < -0.4 is 5.73 Å². The van der Waals surface area contributed by atoms with Crippen molar-refractivity contribution in [3.63, 3.8) is 0 Å². The second-order valence-corrected chi connectivity index (χ2v) is 5.80. The maximum atomic E-state index is 6.24. The molecular formula is C13H25N. The number of hydrogen-bond donors (Lipinski definition) is 1. The Morgan fingerprint density at radius 3 is 2.14 bits per heavy atom. The second-order valence-electron chi connectivity index (χ2n) is 5.80. The molecule has 0 heterocycles. The highest BCUT2D eigenvalue weighted by atomic mass is 14.8. The van der Waals surface area contributed by atoms with Crippen molar-refractivity contribution in [3.05, 3.63) is 12.7 Å². The van der Waals surface area contributed by atoms with E-state index in [1.165, 1.54) is 6.42 Å². The van der Waals surface area contributed by atoms with E-state index in [0.29, 0.717) is 22.8 Å². The number of rotatable bonds is 5. The van der Waals surface area contributed by atoms with Gasteiger partial charge in [-0.15, -0.1) is 6.58 Å². The molecule has 0 aromatic rings. The van der Waals surface area contributed by atoms with E-state index < -0.39 is 0 Å². The first kappa shape index (κ1) is 11.8. The van der Waals surface area contributed by atoms with Gasteiger partial charge in [0.15, 0.2) is 0 Å². The lowest BCUT2D eigenvalue weighted by Crippen LogP contribution is -2.25. The molecule has 0 saturated heterocycles. The minimum atomic E-state index is 0.375. The Labute approximate surface area is 88.8 Å². The van der Waals surface area contributed by atoms with Crippen LogP contribution in [0.25, 0.3) is 0 Å². The molecule has 1 unspecified atom stereocenters. The molecule has 0 amide bonds. The van der Waals surface area contributed by atoms with Gasteiger partial charge in [0.05, 0.1) is 0 Å². The Bertz CT molecular complexity index is 201. The summed E-state index contributed by atoms with van der Waals surface area (Å²) in [5.41, 5.74) is 7.10. The zero-order valence-electron chi connectivity index (χ0n) is 10.1. The van der Waals surface area contributed by atoms with Gasteiger partial charge >= 0.3 is 0 Å². The molecule has 1 aliphatic carbocycles. The maximum Gasteiger partial charge on any atom is 0.00778 e. The average Bonchev–Trinajstić information content (AvgIpc) is 2.43. The zero-order valence-corrected chi connectivity index (χ0v) is 10.1. The third-order valence-electron chi connectivity index (χ3n) is 4.51. The molecule has 1 aliphatic rings. The minimum Gasteiger partial charge on any atom is -0.327 e. The third kappa shape index (κ3) is 1.75. The third-order valence-corrected chi connectivity index (χ3v) is 4.51. The highest BCUT2D eigenvalue weighted by Crippen LogP contribution is 2.69. The molecule has 1 saturated carbocycles. The van der Waals surface area contributed by atoms with Gasteiger partial charge in [-0.25, -0.2) is 0 Å². The summed E-state index contributed by atoms with van der Waals surface area (Å²) in [4.78, 5) is 0. The first-order valence-electron chi connectivity index (χ1n) is 5.72. The van der Waals surface area contributed by atoms with Crippen molar-refractivity contribution < 1.29 is 0 Å². The Kier molecular flexibility index (Phi) is 3.10. The summed E-state index contributed by atoms with van der Waals surface area (Å²) in [6.45, 7) is 13.1. The number of unbranched alkanes of at least 4 members (excludes halogenated alkanes) is 1. The topological polar surface area (TPSA) is 26.0 Å². The molecule has 0 aliphatic heterocycles. The molecule has 1 atom stereocenters. The van der Waals surface area contributed by atoms with Crippen LogP contribution >= 0.6 is 0 Å². The number of hydrogen-bond acceptors (Lipinski definition) is 1. The van der Waals surface area contributed by atoms with E-state index in [1.807, 2.05) is 6.08 Å². The maximum absolute atomic E-state index is 6.24. The summed E-state index contributed by atoms with van der Waals surface area (Å²) in [5.74, 6) is 0.694. The fourth-order valence-corrected chi connectivity index (χ4v) is 2.98. The first-order valence-corrected chi connectivity index (χ1v) is 5.72. The Morgan fingerprint density at radius 2 is 1.79 bits per heavy atom. The van der Waals surface area contributed by atoms with Crippen LogP contribution in [-0.2, 0) is 0 Å². The quantitative estimate of drug-likeness (QED) is 0.528. The molecular weight excluding hydrogens is 170 g/mol. The SMILES string of the molecule is C=CCCCC(N)C1C(C)(C)C1(C)C. The molecule has 0 spiro atoms. The van der Waals surface area contributed by atoms with Crippen LogP contribution in [0.4, 0.5) is 0 Å². The van der Waals surface area contributed by atoms with Gasteiger partial charge in [0.2, 0.25) is 0 Å². The predicted octanol–water partition coefficient (Wildman–Crippen LogP) is 3.35. The van der Waals surface area contributed by atoms with Gasteiger partial charge in [0, 0.05) is 6.04 Å². The lowest BCUT2D eigenvalue weighted by molar-refractivity contribution is 0.448. The van der Waals surface area contributed by atoms with Crippen LogP contribution in [0, 0.1) is 16.7 Å². The molecule has 1 rings (SSSR count). The van der Waals surface area contributed by atoms with E-state index in [1.54, 1.807) is 0 Å². The molecule has 1 heteroatoms. The zero-order chi connectivity index (χ0) is 11.0. The summed E-state index contributed by atoms with van der Waals surface area (Å²) in [6, 6.07) is 0.375. The number of nitrogens with two attached hydrogens (primary N) is 1. The highest BCUT2D eigenvalue weighted by Gasteiger charge is 2.66. The highest BCUT2D eigenvalue weighted by molar-refractivity contribution is 5.15. The fourth-order valence-electron chi connectivity index (χ4n) is 2.98. The van der Waals surface area contributed by atoms with E-state index in [4.69, 9.17) is 5.73 Å². The van der Waals surface area contributed by atoms with Gasteiger partial charge in [0.1, 0.15) is 0 Å². The lowest BCUT2D eigenvalue weighted by atomic mass is 10.00. The molecule has 0 aromatic heterocycles. The van der Waals surface area contributed by atoms with Crippen molar-refractivity contribution in [1.29, 1.82) is 0 Å². The molecule has 1 fully saturated rings. The number of allylic oxidation sites excluding steroid dienone is 1. The van der Waals surface area contributed by atoms with Crippen molar-refractivity contribution in [2.24, 2.45) is 22.5 Å². The molecule has 82 valence electrons. The molecule has 1 nitrogen and oxygen atoms in total. The van der Waals surface area contributed by atoms with Gasteiger partial charge in [-0.1, -0.05) is 33.8 Å². The Hall–Kier alpha value is -0.300. The smallest absolute Gasteiger partial charge is 0.00778 e. The monoisotopic (exact) mass is 195 g/mol. The lowest BCUT2D eigenvalue weighted by Gasteiger charge is -2.12. The van der Waals surface area contributed by atoms with Crippen molar-refractivity contribution in [1.82, 2.24) is 0 Å². The van der Waals surface area contributed by atoms with Crippen molar-refractivity contribution in [2.45, 2.75) is 53.0 Å². The van der Waals surface area contributed by atoms with Crippen LogP contribution in [0.1, 0.15) is 47.0 Å². The predicted molar refractivity (Wildman–Crippen MR) is 63.1 cm³/mol. The summed E-state index contributed by atoms with van der Waals surface area (Å²) >= 11 is 0. The van der Waals surface area contributed by atoms with E-state index in [-0.39, 0.29) is 0 Å². The van der Waals surface area contributed by atoms with Crippen LogP contribution in [0.3, 0.4) is 0 Å². The minimum absolute atomic E-state index is 0.375. The molecule has 0 radical (unpaired) electrons. The van der Waals surface area contributed by atoms with Crippen LogP contribution in [0.15, 0.2) is 12.7 Å². The Balaban J connectivity index is 2.41. The average molecular weight is 195 g/mol. The second kappa shape index (κ2) is 3.69. The molecule has 14 heavy (non-hydrogen) atoms. The van der Waals surface area contributed by atoms with Crippen molar-refractivity contribution >= 4 is 0 Å². The summed E-state index contributed by atoms with van der Waals surface area (Å²) in [7, 11) is 0. The van der Waals surface area contributed by atoms with Gasteiger partial charge < -0.3 is 5.73 Å². The Morgan fingerprint density at radius 1 is 1.29 bits per heavy atom.